The Bertz CT molecular complexity index is 2910. The number of rotatable bonds is 6. The molecule has 0 amide bonds. The Morgan fingerprint density at radius 2 is 0.792 bits per heavy atom. The summed E-state index contributed by atoms with van der Waals surface area (Å²) in [6.45, 7) is 0. The molecule has 3 nitrogen and oxygen atoms in total. The van der Waals surface area contributed by atoms with Gasteiger partial charge in [0.15, 0.2) is 17.5 Å². The fourth-order valence-electron chi connectivity index (χ4n) is 7.24. The van der Waals surface area contributed by atoms with E-state index in [2.05, 4.69) is 182 Å². The van der Waals surface area contributed by atoms with Crippen LogP contribution in [-0.2, 0) is 0 Å². The van der Waals surface area contributed by atoms with Gasteiger partial charge in [-0.2, -0.15) is 0 Å². The van der Waals surface area contributed by atoms with Gasteiger partial charge in [0.25, 0.3) is 0 Å². The molecule has 0 aliphatic carbocycles. The van der Waals surface area contributed by atoms with E-state index in [1.807, 2.05) is 6.07 Å². The summed E-state index contributed by atoms with van der Waals surface area (Å²) in [4.78, 5) is 15.7. The molecule has 248 valence electrons. The van der Waals surface area contributed by atoms with Gasteiger partial charge in [0.1, 0.15) is 0 Å². The molecule has 0 unspecified atom stereocenters. The van der Waals surface area contributed by atoms with Gasteiger partial charge < -0.3 is 0 Å². The SMILES string of the molecule is c1ccc(-c2ccc(-c3ccc4cccc(-c5nc(-c6ccc(-c7ccccc7)cc6)nc(-c6cccc7c6sc6ccccc67)n5)c4c3)cc2)cc1. The van der Waals surface area contributed by atoms with Crippen molar-refractivity contribution in [3.05, 3.63) is 188 Å². The van der Waals surface area contributed by atoms with Crippen LogP contribution in [-0.4, -0.2) is 15.0 Å². The molecule has 0 bridgehead atoms. The van der Waals surface area contributed by atoms with Crippen LogP contribution in [0.15, 0.2) is 188 Å². The number of thiophene rings is 1. The van der Waals surface area contributed by atoms with Gasteiger partial charge in [0.05, 0.1) is 0 Å². The van der Waals surface area contributed by atoms with E-state index < -0.39 is 0 Å². The summed E-state index contributed by atoms with van der Waals surface area (Å²) in [5.74, 6) is 1.96. The third kappa shape index (κ3) is 5.76. The molecule has 0 aliphatic rings. The Balaban J connectivity index is 1.13. The predicted octanol–water partition coefficient (Wildman–Crippen LogP) is 13.4. The van der Waals surface area contributed by atoms with Gasteiger partial charge in [0.2, 0.25) is 0 Å². The van der Waals surface area contributed by atoms with E-state index in [9.17, 15) is 0 Å². The Morgan fingerprint density at radius 1 is 0.302 bits per heavy atom. The van der Waals surface area contributed by atoms with E-state index in [-0.39, 0.29) is 0 Å². The van der Waals surface area contributed by atoms with Crippen molar-refractivity contribution in [3.8, 4) is 67.5 Å². The molecule has 2 heterocycles. The summed E-state index contributed by atoms with van der Waals surface area (Å²) in [5.41, 5.74) is 9.96. The van der Waals surface area contributed by atoms with Crippen LogP contribution in [0.3, 0.4) is 0 Å². The zero-order valence-electron chi connectivity index (χ0n) is 28.6. The highest BCUT2D eigenvalue weighted by atomic mass is 32.1. The smallest absolute Gasteiger partial charge is 0.165 e. The van der Waals surface area contributed by atoms with Crippen molar-refractivity contribution in [2.45, 2.75) is 0 Å². The quantitative estimate of drug-likeness (QED) is 0.174. The molecule has 0 radical (unpaired) electrons. The van der Waals surface area contributed by atoms with Crippen LogP contribution in [0.2, 0.25) is 0 Å². The average molecular weight is 694 g/mol. The molecule has 0 aliphatic heterocycles. The summed E-state index contributed by atoms with van der Waals surface area (Å²) in [6, 6.07) is 66.3. The molecule has 2 aromatic heterocycles. The van der Waals surface area contributed by atoms with E-state index in [0.717, 1.165) is 44.2 Å². The topological polar surface area (TPSA) is 38.7 Å². The molecule has 10 aromatic rings. The van der Waals surface area contributed by atoms with Crippen LogP contribution in [0.5, 0.6) is 0 Å². The largest absolute Gasteiger partial charge is 0.208 e. The minimum Gasteiger partial charge on any atom is -0.208 e. The fourth-order valence-corrected chi connectivity index (χ4v) is 8.46. The molecule has 0 saturated carbocycles. The van der Waals surface area contributed by atoms with Crippen LogP contribution in [0, 0.1) is 0 Å². The zero-order chi connectivity index (χ0) is 35.1. The number of fused-ring (bicyclic) bond motifs is 4. The van der Waals surface area contributed by atoms with Gasteiger partial charge >= 0.3 is 0 Å². The first-order chi connectivity index (χ1) is 26.2. The third-order valence-corrected chi connectivity index (χ3v) is 11.2. The second-order valence-corrected chi connectivity index (χ2v) is 14.3. The normalized spacial score (nSPS) is 11.4. The molecular formula is C49H31N3S. The molecule has 0 N–H and O–H groups in total. The molecule has 10 rings (SSSR count). The van der Waals surface area contributed by atoms with Crippen molar-refractivity contribution in [1.82, 2.24) is 15.0 Å². The number of benzene rings is 8. The minimum absolute atomic E-state index is 0.646. The molecule has 8 aromatic carbocycles. The van der Waals surface area contributed by atoms with Crippen molar-refractivity contribution < 1.29 is 0 Å². The molecule has 0 saturated heterocycles. The summed E-state index contributed by atoms with van der Waals surface area (Å²) < 4.78 is 2.43. The van der Waals surface area contributed by atoms with Crippen LogP contribution < -0.4 is 0 Å². The lowest BCUT2D eigenvalue weighted by atomic mass is 9.96. The van der Waals surface area contributed by atoms with Crippen molar-refractivity contribution in [1.29, 1.82) is 0 Å². The van der Waals surface area contributed by atoms with Gasteiger partial charge in [-0.1, -0.05) is 170 Å². The monoisotopic (exact) mass is 693 g/mol. The number of nitrogens with zero attached hydrogens (tertiary/aromatic N) is 3. The van der Waals surface area contributed by atoms with Gasteiger partial charge in [-0.15, -0.1) is 11.3 Å². The van der Waals surface area contributed by atoms with Crippen molar-refractivity contribution in [2.75, 3.05) is 0 Å². The van der Waals surface area contributed by atoms with E-state index in [1.54, 1.807) is 11.3 Å². The van der Waals surface area contributed by atoms with Gasteiger partial charge in [-0.05, 0) is 62.4 Å². The molecule has 4 heteroatoms. The Morgan fingerprint density at radius 3 is 1.49 bits per heavy atom. The van der Waals surface area contributed by atoms with Crippen LogP contribution >= 0.6 is 11.3 Å². The first-order valence-electron chi connectivity index (χ1n) is 17.8. The number of hydrogen-bond donors (Lipinski definition) is 0. The highest BCUT2D eigenvalue weighted by Gasteiger charge is 2.18. The van der Waals surface area contributed by atoms with E-state index in [1.165, 1.54) is 36.9 Å². The van der Waals surface area contributed by atoms with Crippen LogP contribution in [0.1, 0.15) is 0 Å². The molecule has 0 atom stereocenters. The lowest BCUT2D eigenvalue weighted by Gasteiger charge is -2.12. The maximum Gasteiger partial charge on any atom is 0.165 e. The number of aromatic nitrogens is 3. The summed E-state index contributed by atoms with van der Waals surface area (Å²) in [5, 5.41) is 4.69. The lowest BCUT2D eigenvalue weighted by Crippen LogP contribution is -2.00. The first kappa shape index (κ1) is 31.0. The van der Waals surface area contributed by atoms with E-state index in [0.29, 0.717) is 17.5 Å². The third-order valence-electron chi connectivity index (χ3n) is 9.98. The number of hydrogen-bond acceptors (Lipinski definition) is 4. The van der Waals surface area contributed by atoms with Gasteiger partial charge in [-0.3, -0.25) is 0 Å². The van der Waals surface area contributed by atoms with Crippen LogP contribution in [0.25, 0.3) is 98.5 Å². The Kier molecular flexibility index (Phi) is 7.67. The standard InChI is InChI=1S/C49H31N3S/c1-3-11-32(12-4-1)34-21-23-36(24-22-34)39-30-27-37-15-9-18-42(44(37)31-39)48-50-47(38-28-25-35(26-29-38)33-13-5-2-6-14-33)51-49(52-48)43-19-10-17-41-40-16-7-8-20-45(40)53-46(41)43/h1-31H. The Labute approximate surface area is 311 Å². The maximum atomic E-state index is 5.27. The highest BCUT2D eigenvalue weighted by Crippen LogP contribution is 2.40. The molecule has 53 heavy (non-hydrogen) atoms. The maximum absolute atomic E-state index is 5.27. The zero-order valence-corrected chi connectivity index (χ0v) is 29.5. The molecule has 0 spiro atoms. The highest BCUT2D eigenvalue weighted by molar-refractivity contribution is 7.26. The summed E-state index contributed by atoms with van der Waals surface area (Å²) >= 11 is 1.79. The molecule has 0 fully saturated rings. The predicted molar refractivity (Wildman–Crippen MR) is 223 cm³/mol. The summed E-state index contributed by atoms with van der Waals surface area (Å²) in [7, 11) is 0. The van der Waals surface area contributed by atoms with Crippen LogP contribution in [0.4, 0.5) is 0 Å². The molecular weight excluding hydrogens is 663 g/mol. The van der Waals surface area contributed by atoms with Gasteiger partial charge in [0, 0.05) is 36.9 Å². The minimum atomic E-state index is 0.646. The second-order valence-electron chi connectivity index (χ2n) is 13.2. The van der Waals surface area contributed by atoms with Crippen molar-refractivity contribution in [3.63, 3.8) is 0 Å². The summed E-state index contributed by atoms with van der Waals surface area (Å²) in [6.07, 6.45) is 0. The van der Waals surface area contributed by atoms with Crippen molar-refractivity contribution in [2.24, 2.45) is 0 Å². The first-order valence-corrected chi connectivity index (χ1v) is 18.6. The van der Waals surface area contributed by atoms with E-state index >= 15 is 0 Å². The van der Waals surface area contributed by atoms with E-state index in [4.69, 9.17) is 15.0 Å². The average Bonchev–Trinajstić information content (AvgIpc) is 3.63. The van der Waals surface area contributed by atoms with Gasteiger partial charge in [-0.25, -0.2) is 15.0 Å². The second kappa shape index (κ2) is 13.1. The Hall–Kier alpha value is -6.75. The lowest BCUT2D eigenvalue weighted by molar-refractivity contribution is 1.08. The fraction of sp³-hybridized carbons (Fsp3) is 0. The van der Waals surface area contributed by atoms with Crippen molar-refractivity contribution >= 4 is 42.3 Å².